The Morgan fingerprint density at radius 2 is 1.27 bits per heavy atom. The van der Waals surface area contributed by atoms with Crippen LogP contribution in [-0.2, 0) is 11.3 Å². The molecule has 0 N–H and O–H groups in total. The molecular formula is C33H26Cl2FIN3O5+. The summed E-state index contributed by atoms with van der Waals surface area (Å²) in [5.41, 5.74) is 1.23. The number of hydrogen-bond donors (Lipinski definition) is 0. The van der Waals surface area contributed by atoms with E-state index in [0.29, 0.717) is 28.5 Å². The van der Waals surface area contributed by atoms with E-state index in [0.717, 1.165) is 3.57 Å². The van der Waals surface area contributed by atoms with Gasteiger partial charge in [0.25, 0.3) is 11.8 Å². The Balaban J connectivity index is 1.81. The van der Waals surface area contributed by atoms with Crippen molar-refractivity contribution in [1.29, 1.82) is 0 Å². The topological polar surface area (TPSA) is 79.8 Å². The third kappa shape index (κ3) is 7.14. The summed E-state index contributed by atoms with van der Waals surface area (Å²) in [4.78, 5) is 23.3. The maximum absolute atomic E-state index is 14.3. The molecule has 1 amide bonds. The molecule has 0 fully saturated rings. The average molecular weight is 761 g/mol. The van der Waals surface area contributed by atoms with E-state index in [9.17, 15) is 9.18 Å². The lowest BCUT2D eigenvalue weighted by Crippen LogP contribution is -2.48. The average Bonchev–Trinajstić information content (AvgIpc) is 3.02. The number of ether oxygens (including phenoxy) is 4. The molecule has 3 aromatic carbocycles. The predicted molar refractivity (Wildman–Crippen MR) is 180 cm³/mol. The molecule has 230 valence electrons. The molecule has 0 spiro atoms. The highest BCUT2D eigenvalue weighted by molar-refractivity contribution is 14.1. The molecule has 5 aromatic rings. The van der Waals surface area contributed by atoms with Crippen molar-refractivity contribution in [3.63, 3.8) is 0 Å². The zero-order valence-electron chi connectivity index (χ0n) is 24.3. The van der Waals surface area contributed by atoms with Crippen molar-refractivity contribution in [3.8, 4) is 34.8 Å². The first kappa shape index (κ1) is 32.4. The van der Waals surface area contributed by atoms with Gasteiger partial charge < -0.3 is 18.9 Å². The lowest BCUT2D eigenvalue weighted by atomic mass is 10.1. The molecule has 0 aliphatic heterocycles. The highest BCUT2D eigenvalue weighted by Gasteiger charge is 2.46. The number of quaternary nitrogens is 1. The van der Waals surface area contributed by atoms with Crippen LogP contribution in [0.2, 0.25) is 10.3 Å². The van der Waals surface area contributed by atoms with Crippen LogP contribution in [0.4, 0.5) is 15.8 Å². The summed E-state index contributed by atoms with van der Waals surface area (Å²) in [5.74, 6) is 1.08. The van der Waals surface area contributed by atoms with Crippen molar-refractivity contribution in [2.24, 2.45) is 0 Å². The predicted octanol–water partition coefficient (Wildman–Crippen LogP) is 9.51. The SMILES string of the molecule is COc1ccc(OC)c(C[N+](C(C)=O)(c2ccc(Cl)nc2Oc2ccc(F)cc2)c2ccc(Cl)nc2Oc2ccc(I)cc2)c1. The van der Waals surface area contributed by atoms with Gasteiger partial charge in [-0.05, 0) is 101 Å². The lowest BCUT2D eigenvalue weighted by molar-refractivity contribution is -0.125. The minimum atomic E-state index is -0.561. The number of carbonyl (C=O) groups is 1. The zero-order valence-corrected chi connectivity index (χ0v) is 27.9. The second-order valence-electron chi connectivity index (χ2n) is 9.69. The molecule has 0 aliphatic rings. The highest BCUT2D eigenvalue weighted by Crippen LogP contribution is 2.49. The lowest BCUT2D eigenvalue weighted by Gasteiger charge is -2.35. The molecule has 0 aliphatic carbocycles. The van der Waals surface area contributed by atoms with Gasteiger partial charge in [0.2, 0.25) is 11.4 Å². The fraction of sp³-hybridized carbons (Fsp3) is 0.121. The Morgan fingerprint density at radius 3 is 1.76 bits per heavy atom. The van der Waals surface area contributed by atoms with Crippen LogP contribution < -0.4 is 23.4 Å². The van der Waals surface area contributed by atoms with Crippen LogP contribution in [0.25, 0.3) is 0 Å². The van der Waals surface area contributed by atoms with Crippen LogP contribution in [0.5, 0.6) is 34.8 Å². The number of pyridine rings is 2. The third-order valence-corrected chi connectivity index (χ3v) is 8.06. The van der Waals surface area contributed by atoms with E-state index in [1.54, 1.807) is 61.7 Å². The number of nitrogens with zero attached hydrogens (tertiary/aromatic N) is 3. The standard InChI is InChI=1S/C33H26Cl2FIN3O5/c1-20(41)40(19-21-18-26(42-2)12-15-29(21)43-3,27-13-16-30(34)38-32(27)44-24-8-4-22(36)5-9-24)28-14-17-31(35)39-33(28)45-25-10-6-23(37)7-11-25/h4-18H,19H2,1-3H3/q+1. The molecule has 1 atom stereocenters. The van der Waals surface area contributed by atoms with E-state index >= 15 is 0 Å². The maximum atomic E-state index is 14.3. The van der Waals surface area contributed by atoms with Crippen molar-refractivity contribution < 1.29 is 28.1 Å². The molecule has 1 unspecified atom stereocenters. The van der Waals surface area contributed by atoms with Crippen molar-refractivity contribution in [2.75, 3.05) is 14.2 Å². The van der Waals surface area contributed by atoms with Gasteiger partial charge in [0, 0.05) is 15.7 Å². The van der Waals surface area contributed by atoms with E-state index in [-0.39, 0.29) is 46.0 Å². The molecule has 2 aromatic heterocycles. The van der Waals surface area contributed by atoms with Crippen LogP contribution in [-0.4, -0.2) is 30.1 Å². The number of rotatable bonds is 10. The first-order valence-corrected chi connectivity index (χ1v) is 15.3. The second-order valence-corrected chi connectivity index (χ2v) is 11.7. The maximum Gasteiger partial charge on any atom is 0.321 e. The van der Waals surface area contributed by atoms with Crippen molar-refractivity contribution >= 4 is 63.1 Å². The molecule has 2 heterocycles. The summed E-state index contributed by atoms with van der Waals surface area (Å²) in [7, 11) is 3.09. The van der Waals surface area contributed by atoms with Gasteiger partial charge in [0.15, 0.2) is 0 Å². The highest BCUT2D eigenvalue weighted by atomic mass is 127. The van der Waals surface area contributed by atoms with Gasteiger partial charge in [-0.3, -0.25) is 0 Å². The number of methoxy groups -OCH3 is 2. The molecule has 12 heteroatoms. The normalized spacial score (nSPS) is 12.2. The van der Waals surface area contributed by atoms with E-state index in [1.807, 2.05) is 12.1 Å². The summed E-state index contributed by atoms with van der Waals surface area (Å²) in [5, 5.41) is 0.262. The molecule has 0 saturated carbocycles. The minimum Gasteiger partial charge on any atom is -0.497 e. The fourth-order valence-corrected chi connectivity index (χ4v) is 5.43. The summed E-state index contributed by atoms with van der Waals surface area (Å²) in [6.07, 6.45) is 0. The molecule has 5 rings (SSSR count). The number of aromatic nitrogens is 2. The second kappa shape index (κ2) is 14.0. The largest absolute Gasteiger partial charge is 0.497 e. The molecular weight excluding hydrogens is 735 g/mol. The molecule has 45 heavy (non-hydrogen) atoms. The van der Waals surface area contributed by atoms with Gasteiger partial charge in [0.1, 0.15) is 45.7 Å². The summed E-state index contributed by atoms with van der Waals surface area (Å²) >= 11 is 15.0. The van der Waals surface area contributed by atoms with Gasteiger partial charge in [0.05, 0.1) is 26.7 Å². The van der Waals surface area contributed by atoms with Crippen LogP contribution in [0.1, 0.15) is 12.5 Å². The minimum absolute atomic E-state index is 0.00124. The zero-order chi connectivity index (χ0) is 32.1. The first-order valence-electron chi connectivity index (χ1n) is 13.4. The Kier molecular flexibility index (Phi) is 10.1. The Morgan fingerprint density at radius 1 is 0.756 bits per heavy atom. The molecule has 0 radical (unpaired) electrons. The van der Waals surface area contributed by atoms with Crippen LogP contribution in [0.15, 0.2) is 91.0 Å². The quantitative estimate of drug-likeness (QED) is 0.0797. The number of benzene rings is 3. The summed E-state index contributed by atoms with van der Waals surface area (Å²) in [6, 6.07) is 24.5. The summed E-state index contributed by atoms with van der Waals surface area (Å²) in [6.45, 7) is 1.41. The Hall–Kier alpha value is -3.97. The monoisotopic (exact) mass is 760 g/mol. The van der Waals surface area contributed by atoms with Gasteiger partial charge in [-0.1, -0.05) is 23.2 Å². The van der Waals surface area contributed by atoms with E-state index in [4.69, 9.17) is 42.1 Å². The van der Waals surface area contributed by atoms with Crippen molar-refractivity contribution in [2.45, 2.75) is 13.5 Å². The van der Waals surface area contributed by atoms with Gasteiger partial charge in [-0.2, -0.15) is 14.5 Å². The van der Waals surface area contributed by atoms with E-state index in [2.05, 4.69) is 32.6 Å². The molecule has 8 nitrogen and oxygen atoms in total. The van der Waals surface area contributed by atoms with Gasteiger partial charge in [-0.15, -0.1) is 0 Å². The van der Waals surface area contributed by atoms with Crippen molar-refractivity contribution in [1.82, 2.24) is 14.5 Å². The smallest absolute Gasteiger partial charge is 0.321 e. The van der Waals surface area contributed by atoms with Crippen LogP contribution in [0, 0.1) is 9.39 Å². The number of halogens is 4. The van der Waals surface area contributed by atoms with Gasteiger partial charge >= 0.3 is 5.91 Å². The summed E-state index contributed by atoms with van der Waals surface area (Å²) < 4.78 is 37.9. The number of carbonyl (C=O) groups excluding carboxylic acids is 1. The Labute approximate surface area is 283 Å². The Bertz CT molecular complexity index is 1750. The third-order valence-electron chi connectivity index (χ3n) is 6.92. The molecule has 0 saturated heterocycles. The van der Waals surface area contributed by atoms with Gasteiger partial charge in [-0.25, -0.2) is 9.18 Å². The first-order chi connectivity index (χ1) is 21.6. The van der Waals surface area contributed by atoms with Crippen LogP contribution >= 0.6 is 45.8 Å². The van der Waals surface area contributed by atoms with E-state index < -0.39 is 10.3 Å². The number of hydrogen-bond acceptors (Lipinski definition) is 7. The van der Waals surface area contributed by atoms with E-state index in [1.165, 1.54) is 38.3 Å². The van der Waals surface area contributed by atoms with Crippen molar-refractivity contribution in [3.05, 3.63) is 116 Å². The number of amides is 1. The molecule has 0 bridgehead atoms. The fourth-order valence-electron chi connectivity index (χ4n) is 4.79. The van der Waals surface area contributed by atoms with Crippen LogP contribution in [0.3, 0.4) is 0 Å².